The zero-order valence-electron chi connectivity index (χ0n) is 11.0. The van der Waals surface area contributed by atoms with Gasteiger partial charge in [-0.25, -0.2) is 0 Å². The summed E-state index contributed by atoms with van der Waals surface area (Å²) in [4.78, 5) is 14.5. The second-order valence-corrected chi connectivity index (χ2v) is 6.48. The van der Waals surface area contributed by atoms with Crippen LogP contribution in [0.3, 0.4) is 0 Å². The van der Waals surface area contributed by atoms with Crippen molar-refractivity contribution in [1.82, 2.24) is 10.2 Å². The smallest absolute Gasteiger partial charge is 0.241 e. The van der Waals surface area contributed by atoms with Crippen LogP contribution in [0.2, 0.25) is 0 Å². The normalized spacial score (nSPS) is 24.9. The predicted molar refractivity (Wildman–Crippen MR) is 79.1 cm³/mol. The molecule has 2 heterocycles. The molecule has 2 saturated heterocycles. The molecule has 2 aliphatic rings. The fourth-order valence-corrected chi connectivity index (χ4v) is 3.97. The van der Waals surface area contributed by atoms with Crippen molar-refractivity contribution in [1.29, 1.82) is 0 Å². The van der Waals surface area contributed by atoms with Gasteiger partial charge in [-0.3, -0.25) is 10.1 Å². The van der Waals surface area contributed by atoms with Gasteiger partial charge in [-0.2, -0.15) is 11.8 Å². The molecule has 3 nitrogen and oxygen atoms in total. The van der Waals surface area contributed by atoms with Gasteiger partial charge in [-0.1, -0.05) is 30.3 Å². The molecular formula is C15H20N2OS. The maximum Gasteiger partial charge on any atom is 0.241 e. The van der Waals surface area contributed by atoms with E-state index in [0.717, 1.165) is 25.9 Å². The zero-order chi connectivity index (χ0) is 13.1. The number of hydrogen-bond acceptors (Lipinski definition) is 3. The van der Waals surface area contributed by atoms with Gasteiger partial charge in [0.05, 0.1) is 12.7 Å². The van der Waals surface area contributed by atoms with Crippen molar-refractivity contribution in [3.63, 3.8) is 0 Å². The van der Waals surface area contributed by atoms with Crippen molar-refractivity contribution in [2.45, 2.75) is 31.3 Å². The van der Waals surface area contributed by atoms with Gasteiger partial charge in [0.15, 0.2) is 0 Å². The summed E-state index contributed by atoms with van der Waals surface area (Å²) in [6.45, 7) is 0.728. The fourth-order valence-electron chi connectivity index (χ4n) is 2.89. The zero-order valence-corrected chi connectivity index (χ0v) is 11.9. The molecule has 2 aliphatic heterocycles. The monoisotopic (exact) mass is 276 g/mol. The highest BCUT2D eigenvalue weighted by molar-refractivity contribution is 7.99. The molecule has 1 aromatic carbocycles. The Labute approximate surface area is 118 Å². The average molecular weight is 276 g/mol. The Hall–Kier alpha value is -1.00. The predicted octanol–water partition coefficient (Wildman–Crippen LogP) is 1.88. The van der Waals surface area contributed by atoms with Gasteiger partial charge in [0.2, 0.25) is 5.91 Å². The first-order chi connectivity index (χ1) is 9.34. The summed E-state index contributed by atoms with van der Waals surface area (Å²) in [5, 5.41) is 3.37. The highest BCUT2D eigenvalue weighted by Crippen LogP contribution is 2.24. The van der Waals surface area contributed by atoms with Crippen molar-refractivity contribution < 1.29 is 4.79 Å². The van der Waals surface area contributed by atoms with E-state index < -0.39 is 0 Å². The molecule has 0 spiro atoms. The number of amides is 1. The van der Waals surface area contributed by atoms with Crippen LogP contribution in [0.1, 0.15) is 18.4 Å². The van der Waals surface area contributed by atoms with E-state index in [4.69, 9.17) is 0 Å². The first-order valence-corrected chi connectivity index (χ1v) is 8.15. The Morgan fingerprint density at radius 1 is 1.21 bits per heavy atom. The standard InChI is InChI=1S/C15H20N2OS/c18-15-14(10-12-4-2-1-3-5-12)16-11-17(15)13-6-8-19-9-7-13/h1-5,13-14,16H,6-11H2. The van der Waals surface area contributed by atoms with E-state index in [1.165, 1.54) is 17.1 Å². The van der Waals surface area contributed by atoms with Crippen molar-refractivity contribution in [3.8, 4) is 0 Å². The van der Waals surface area contributed by atoms with Crippen LogP contribution in [0, 0.1) is 0 Å². The third-order valence-electron chi connectivity index (χ3n) is 4.00. The number of thioether (sulfide) groups is 1. The molecule has 0 aromatic heterocycles. The first kappa shape index (κ1) is 13.0. The summed E-state index contributed by atoms with van der Waals surface area (Å²) in [5.41, 5.74) is 1.23. The van der Waals surface area contributed by atoms with Gasteiger partial charge < -0.3 is 4.90 Å². The van der Waals surface area contributed by atoms with Crippen LogP contribution in [-0.4, -0.2) is 41.1 Å². The Kier molecular flexibility index (Phi) is 4.09. The number of hydrogen-bond donors (Lipinski definition) is 1. The number of benzene rings is 1. The first-order valence-electron chi connectivity index (χ1n) is 7.00. The molecule has 3 rings (SSSR count). The second-order valence-electron chi connectivity index (χ2n) is 5.26. The van der Waals surface area contributed by atoms with Crippen LogP contribution in [-0.2, 0) is 11.2 Å². The lowest BCUT2D eigenvalue weighted by atomic mass is 10.0. The number of carbonyl (C=O) groups excluding carboxylic acids is 1. The molecule has 102 valence electrons. The van der Waals surface area contributed by atoms with Crippen molar-refractivity contribution in [3.05, 3.63) is 35.9 Å². The number of carbonyl (C=O) groups is 1. The summed E-state index contributed by atoms with van der Waals surface area (Å²) in [5.74, 6) is 2.68. The van der Waals surface area contributed by atoms with E-state index in [1.54, 1.807) is 0 Å². The lowest BCUT2D eigenvalue weighted by molar-refractivity contribution is -0.130. The quantitative estimate of drug-likeness (QED) is 0.915. The van der Waals surface area contributed by atoms with Gasteiger partial charge >= 0.3 is 0 Å². The molecule has 1 N–H and O–H groups in total. The SMILES string of the molecule is O=C1C(Cc2ccccc2)NCN1C1CCSCC1. The molecule has 0 saturated carbocycles. The van der Waals surface area contributed by atoms with E-state index in [-0.39, 0.29) is 6.04 Å². The Morgan fingerprint density at radius 3 is 2.68 bits per heavy atom. The lowest BCUT2D eigenvalue weighted by Gasteiger charge is -2.30. The third kappa shape index (κ3) is 2.95. The third-order valence-corrected chi connectivity index (χ3v) is 5.05. The van der Waals surface area contributed by atoms with E-state index in [0.29, 0.717) is 11.9 Å². The molecular weight excluding hydrogens is 256 g/mol. The fraction of sp³-hybridized carbons (Fsp3) is 0.533. The van der Waals surface area contributed by atoms with Crippen molar-refractivity contribution in [2.75, 3.05) is 18.2 Å². The minimum absolute atomic E-state index is 0.0306. The molecule has 1 amide bonds. The van der Waals surface area contributed by atoms with Gasteiger partial charge in [0.1, 0.15) is 0 Å². The molecule has 1 unspecified atom stereocenters. The van der Waals surface area contributed by atoms with Crippen LogP contribution >= 0.6 is 11.8 Å². The Morgan fingerprint density at radius 2 is 1.95 bits per heavy atom. The Balaban J connectivity index is 1.62. The molecule has 1 aromatic rings. The van der Waals surface area contributed by atoms with Gasteiger partial charge in [-0.15, -0.1) is 0 Å². The maximum atomic E-state index is 12.5. The molecule has 4 heteroatoms. The molecule has 0 radical (unpaired) electrons. The minimum Gasteiger partial charge on any atom is -0.325 e. The van der Waals surface area contributed by atoms with Crippen molar-refractivity contribution >= 4 is 17.7 Å². The average Bonchev–Trinajstić information content (AvgIpc) is 2.82. The van der Waals surface area contributed by atoms with Crippen LogP contribution in [0.4, 0.5) is 0 Å². The lowest BCUT2D eigenvalue weighted by Crippen LogP contribution is -2.41. The summed E-state index contributed by atoms with van der Waals surface area (Å²) >= 11 is 2.00. The maximum absolute atomic E-state index is 12.5. The number of nitrogens with one attached hydrogen (secondary N) is 1. The molecule has 0 aliphatic carbocycles. The van der Waals surface area contributed by atoms with Crippen LogP contribution in [0.25, 0.3) is 0 Å². The van der Waals surface area contributed by atoms with Crippen LogP contribution in [0.15, 0.2) is 30.3 Å². The van der Waals surface area contributed by atoms with Gasteiger partial charge in [0.25, 0.3) is 0 Å². The molecule has 2 fully saturated rings. The topological polar surface area (TPSA) is 32.3 Å². The number of rotatable bonds is 3. The molecule has 1 atom stereocenters. The van der Waals surface area contributed by atoms with E-state index in [1.807, 2.05) is 30.0 Å². The van der Waals surface area contributed by atoms with E-state index in [9.17, 15) is 4.79 Å². The largest absolute Gasteiger partial charge is 0.325 e. The summed E-state index contributed by atoms with van der Waals surface area (Å²) in [6, 6.07) is 10.7. The second kappa shape index (κ2) is 5.97. The summed E-state index contributed by atoms with van der Waals surface area (Å²) in [6.07, 6.45) is 3.10. The molecule has 19 heavy (non-hydrogen) atoms. The van der Waals surface area contributed by atoms with E-state index in [2.05, 4.69) is 22.3 Å². The Bertz CT molecular complexity index is 431. The highest BCUT2D eigenvalue weighted by atomic mass is 32.2. The number of nitrogens with zero attached hydrogens (tertiary/aromatic N) is 1. The minimum atomic E-state index is -0.0306. The highest BCUT2D eigenvalue weighted by Gasteiger charge is 2.35. The summed E-state index contributed by atoms with van der Waals surface area (Å²) < 4.78 is 0. The van der Waals surface area contributed by atoms with Crippen LogP contribution < -0.4 is 5.32 Å². The van der Waals surface area contributed by atoms with E-state index >= 15 is 0 Å². The van der Waals surface area contributed by atoms with Gasteiger partial charge in [0, 0.05) is 6.04 Å². The van der Waals surface area contributed by atoms with Crippen molar-refractivity contribution in [2.24, 2.45) is 0 Å². The van der Waals surface area contributed by atoms with Gasteiger partial charge in [-0.05, 0) is 36.3 Å². The summed E-state index contributed by atoms with van der Waals surface area (Å²) in [7, 11) is 0. The van der Waals surface area contributed by atoms with Crippen LogP contribution in [0.5, 0.6) is 0 Å². The molecule has 0 bridgehead atoms.